The fourth-order valence-corrected chi connectivity index (χ4v) is 3.15. The summed E-state index contributed by atoms with van der Waals surface area (Å²) < 4.78 is 11.3. The molecule has 0 fully saturated rings. The maximum atomic E-state index is 12.2. The Morgan fingerprint density at radius 1 is 1.25 bits per heavy atom. The van der Waals surface area contributed by atoms with Crippen LogP contribution in [0.3, 0.4) is 0 Å². The van der Waals surface area contributed by atoms with Gasteiger partial charge in [0.1, 0.15) is 12.2 Å². The molecule has 0 bridgehead atoms. The number of hydrogen-bond donors (Lipinski definition) is 0. The largest absolute Gasteiger partial charge is 0.465 e. The Balaban J connectivity index is 1.68. The van der Waals surface area contributed by atoms with Crippen LogP contribution < -0.4 is 5.56 Å². The van der Waals surface area contributed by atoms with Crippen LogP contribution in [-0.4, -0.2) is 34.4 Å². The minimum absolute atomic E-state index is 0.00374. The molecule has 1 aliphatic rings. The average molecular weight is 346 g/mol. The zero-order valence-electron chi connectivity index (χ0n) is 12.9. The second-order valence-electron chi connectivity index (χ2n) is 5.02. The number of ether oxygens (including phenoxy) is 2. The van der Waals surface area contributed by atoms with Gasteiger partial charge in [-0.1, -0.05) is 23.9 Å². The van der Waals surface area contributed by atoms with Crippen LogP contribution in [0.1, 0.15) is 26.3 Å². The van der Waals surface area contributed by atoms with E-state index in [0.29, 0.717) is 22.8 Å². The second kappa shape index (κ2) is 6.88. The number of benzene rings is 1. The number of aromatic nitrogens is 2. The molecule has 2 heterocycles. The van der Waals surface area contributed by atoms with Crippen molar-refractivity contribution in [3.8, 4) is 0 Å². The number of thioether (sulfide) groups is 1. The highest BCUT2D eigenvalue weighted by Gasteiger charge is 2.20. The van der Waals surface area contributed by atoms with Crippen molar-refractivity contribution in [3.63, 3.8) is 0 Å². The van der Waals surface area contributed by atoms with Crippen LogP contribution in [0.15, 0.2) is 40.4 Å². The SMILES string of the molecule is COC(=O)c1ccc(COC(=O)c2cnc3n(c2=O)CCS3)cc1. The number of rotatable bonds is 4. The number of nitrogens with zero attached hydrogens (tertiary/aromatic N) is 2. The molecule has 0 saturated carbocycles. The van der Waals surface area contributed by atoms with Crippen molar-refractivity contribution >= 4 is 23.7 Å². The maximum absolute atomic E-state index is 12.2. The van der Waals surface area contributed by atoms with E-state index in [1.54, 1.807) is 24.3 Å². The minimum atomic E-state index is -0.711. The molecule has 24 heavy (non-hydrogen) atoms. The Hall–Kier alpha value is -2.61. The lowest BCUT2D eigenvalue weighted by molar-refractivity contribution is 0.0467. The van der Waals surface area contributed by atoms with Crippen LogP contribution in [0, 0.1) is 0 Å². The molecule has 0 radical (unpaired) electrons. The molecule has 0 N–H and O–H groups in total. The normalized spacial score (nSPS) is 12.5. The van der Waals surface area contributed by atoms with Gasteiger partial charge in [-0.25, -0.2) is 14.6 Å². The third-order valence-electron chi connectivity index (χ3n) is 3.52. The third-order valence-corrected chi connectivity index (χ3v) is 4.49. The summed E-state index contributed by atoms with van der Waals surface area (Å²) in [4.78, 5) is 39.8. The topological polar surface area (TPSA) is 87.5 Å². The van der Waals surface area contributed by atoms with E-state index in [1.165, 1.54) is 29.6 Å². The molecule has 124 valence electrons. The molecule has 1 aliphatic heterocycles. The Labute approximate surface area is 141 Å². The lowest BCUT2D eigenvalue weighted by Gasteiger charge is -2.07. The molecule has 8 heteroatoms. The molecule has 0 spiro atoms. The smallest absolute Gasteiger partial charge is 0.345 e. The van der Waals surface area contributed by atoms with Gasteiger partial charge >= 0.3 is 11.9 Å². The molecule has 2 aromatic rings. The number of carbonyl (C=O) groups is 2. The van der Waals surface area contributed by atoms with Crippen LogP contribution in [0.5, 0.6) is 0 Å². The summed E-state index contributed by atoms with van der Waals surface area (Å²) in [5, 5.41) is 0.620. The van der Waals surface area contributed by atoms with Crippen molar-refractivity contribution < 1.29 is 19.1 Å². The molecule has 0 amide bonds. The van der Waals surface area contributed by atoms with E-state index in [1.807, 2.05) is 0 Å². The van der Waals surface area contributed by atoms with E-state index in [-0.39, 0.29) is 17.7 Å². The number of carbonyl (C=O) groups excluding carboxylic acids is 2. The van der Waals surface area contributed by atoms with E-state index in [2.05, 4.69) is 9.72 Å². The Kier molecular flexibility index (Phi) is 4.66. The summed E-state index contributed by atoms with van der Waals surface area (Å²) >= 11 is 1.48. The Bertz CT molecular complexity index is 845. The van der Waals surface area contributed by atoms with Crippen molar-refractivity contribution in [2.24, 2.45) is 0 Å². The average Bonchev–Trinajstić information content (AvgIpc) is 3.09. The zero-order valence-corrected chi connectivity index (χ0v) is 13.7. The van der Waals surface area contributed by atoms with Gasteiger partial charge < -0.3 is 9.47 Å². The molecule has 1 aromatic heterocycles. The minimum Gasteiger partial charge on any atom is -0.465 e. The van der Waals surface area contributed by atoms with Gasteiger partial charge in [0.15, 0.2) is 5.16 Å². The number of esters is 2. The lowest BCUT2D eigenvalue weighted by Crippen LogP contribution is -2.27. The van der Waals surface area contributed by atoms with Gasteiger partial charge in [0.2, 0.25) is 0 Å². The molecular weight excluding hydrogens is 332 g/mol. The first kappa shape index (κ1) is 16.3. The van der Waals surface area contributed by atoms with Gasteiger partial charge in [0.25, 0.3) is 5.56 Å². The van der Waals surface area contributed by atoms with E-state index in [0.717, 1.165) is 5.75 Å². The molecule has 0 unspecified atom stereocenters. The Morgan fingerprint density at radius 3 is 2.71 bits per heavy atom. The summed E-state index contributed by atoms with van der Waals surface area (Å²) in [6.07, 6.45) is 1.26. The van der Waals surface area contributed by atoms with Gasteiger partial charge in [0.05, 0.1) is 18.9 Å². The molecule has 0 aliphatic carbocycles. The zero-order chi connectivity index (χ0) is 17.1. The first-order valence-electron chi connectivity index (χ1n) is 7.17. The van der Waals surface area contributed by atoms with Gasteiger partial charge in [0, 0.05) is 12.3 Å². The van der Waals surface area contributed by atoms with E-state index < -0.39 is 11.9 Å². The molecule has 1 aromatic carbocycles. The second-order valence-corrected chi connectivity index (χ2v) is 6.09. The Morgan fingerprint density at radius 2 is 2.00 bits per heavy atom. The summed E-state index contributed by atoms with van der Waals surface area (Å²) in [5.41, 5.74) is 0.649. The van der Waals surface area contributed by atoms with Crippen LogP contribution in [0.4, 0.5) is 0 Å². The van der Waals surface area contributed by atoms with Gasteiger partial charge in [-0.2, -0.15) is 0 Å². The molecular formula is C16H14N2O5S. The number of fused-ring (bicyclic) bond motifs is 1. The van der Waals surface area contributed by atoms with E-state index in [9.17, 15) is 14.4 Å². The summed E-state index contributed by atoms with van der Waals surface area (Å²) in [7, 11) is 1.31. The van der Waals surface area contributed by atoms with Crippen LogP contribution in [0.2, 0.25) is 0 Å². The fourth-order valence-electron chi connectivity index (χ4n) is 2.24. The molecule has 0 saturated heterocycles. The number of methoxy groups -OCH3 is 1. The number of hydrogen-bond acceptors (Lipinski definition) is 7. The molecule has 7 nitrogen and oxygen atoms in total. The van der Waals surface area contributed by atoms with E-state index >= 15 is 0 Å². The fraction of sp³-hybridized carbons (Fsp3) is 0.250. The van der Waals surface area contributed by atoms with Crippen LogP contribution >= 0.6 is 11.8 Å². The van der Waals surface area contributed by atoms with Gasteiger partial charge in [-0.15, -0.1) is 0 Å². The monoisotopic (exact) mass is 346 g/mol. The highest BCUT2D eigenvalue weighted by atomic mass is 32.2. The van der Waals surface area contributed by atoms with Crippen molar-refractivity contribution in [2.45, 2.75) is 18.3 Å². The standard InChI is InChI=1S/C16H14N2O5S/c1-22-14(20)11-4-2-10(3-5-11)9-23-15(21)12-8-17-16-18(13(12)19)6-7-24-16/h2-5,8H,6-7,9H2,1H3. The first-order chi connectivity index (χ1) is 11.6. The summed E-state index contributed by atoms with van der Waals surface area (Å²) in [5.74, 6) is -0.377. The van der Waals surface area contributed by atoms with E-state index in [4.69, 9.17) is 4.74 Å². The lowest BCUT2D eigenvalue weighted by atomic mass is 10.1. The highest BCUT2D eigenvalue weighted by molar-refractivity contribution is 7.99. The quantitative estimate of drug-likeness (QED) is 0.612. The van der Waals surface area contributed by atoms with Crippen LogP contribution in [0.25, 0.3) is 0 Å². The predicted octanol–water partition coefficient (Wildman–Crippen LogP) is 1.49. The maximum Gasteiger partial charge on any atom is 0.345 e. The van der Waals surface area contributed by atoms with Gasteiger partial charge in [-0.05, 0) is 17.7 Å². The molecule has 0 atom stereocenters. The predicted molar refractivity (Wildman–Crippen MR) is 86.1 cm³/mol. The van der Waals surface area contributed by atoms with Crippen molar-refractivity contribution in [1.82, 2.24) is 9.55 Å². The first-order valence-corrected chi connectivity index (χ1v) is 8.15. The molecule has 3 rings (SSSR count). The summed E-state index contributed by atoms with van der Waals surface area (Å²) in [6.45, 7) is 0.540. The summed E-state index contributed by atoms with van der Waals surface area (Å²) in [6, 6.07) is 6.48. The van der Waals surface area contributed by atoms with Crippen molar-refractivity contribution in [1.29, 1.82) is 0 Å². The van der Waals surface area contributed by atoms with Crippen molar-refractivity contribution in [2.75, 3.05) is 12.9 Å². The van der Waals surface area contributed by atoms with Crippen molar-refractivity contribution in [3.05, 3.63) is 57.5 Å². The van der Waals surface area contributed by atoms with Gasteiger partial charge in [-0.3, -0.25) is 9.36 Å². The third kappa shape index (κ3) is 3.18. The highest BCUT2D eigenvalue weighted by Crippen LogP contribution is 2.20. The van der Waals surface area contributed by atoms with Crippen LogP contribution in [-0.2, 0) is 22.6 Å².